The lowest BCUT2D eigenvalue weighted by molar-refractivity contribution is -0.384. The van der Waals surface area contributed by atoms with E-state index in [1.54, 1.807) is 0 Å². The normalized spacial score (nSPS) is 18.1. The molecule has 150 valence electrons. The lowest BCUT2D eigenvalue weighted by Crippen LogP contribution is -2.36. The quantitative estimate of drug-likeness (QED) is 0.279. The van der Waals surface area contributed by atoms with Gasteiger partial charge in [0, 0.05) is 50.1 Å². The number of nitrogens with zero attached hydrogens (tertiary/aromatic N) is 4. The van der Waals surface area contributed by atoms with Gasteiger partial charge in [-0.2, -0.15) is 5.10 Å². The van der Waals surface area contributed by atoms with Crippen LogP contribution in [0.5, 0.6) is 5.75 Å². The Balaban J connectivity index is 1.34. The van der Waals surface area contributed by atoms with Crippen LogP contribution >= 0.6 is 0 Å². The summed E-state index contributed by atoms with van der Waals surface area (Å²) in [5, 5.41) is 16.2. The Morgan fingerprint density at radius 1 is 1.21 bits per heavy atom. The molecule has 1 fully saturated rings. The molecule has 9 nitrogen and oxygen atoms in total. The molecule has 29 heavy (non-hydrogen) atoms. The number of rotatable bonds is 5. The predicted octanol–water partition coefficient (Wildman–Crippen LogP) is 3.93. The fourth-order valence-electron chi connectivity index (χ4n) is 3.32. The summed E-state index contributed by atoms with van der Waals surface area (Å²) < 4.78 is 12.4. The Kier molecular flexibility index (Phi) is 4.79. The highest BCUT2D eigenvalue weighted by atomic mass is 16.7. The SMILES string of the molecule is CN(C)c1ccc2cnn(C3CC(OC(=O)Oc4ccc([N+](=O)[O-])cc4)C3)c2c1. The minimum absolute atomic E-state index is 0.0728. The standard InChI is InChI=1S/C20H20N4O5/c1-22(2)15-4-3-13-12-21-23(19(13)11-15)16-9-18(10-16)29-20(25)28-17-7-5-14(6-8-17)24(26)27/h3-8,11-12,16,18H,9-10H2,1-2H3. The maximum Gasteiger partial charge on any atom is 0.514 e. The van der Waals surface area contributed by atoms with Gasteiger partial charge in [0.1, 0.15) is 11.9 Å². The van der Waals surface area contributed by atoms with Crippen molar-refractivity contribution in [3.05, 3.63) is 58.8 Å². The fourth-order valence-corrected chi connectivity index (χ4v) is 3.32. The molecule has 0 saturated heterocycles. The summed E-state index contributed by atoms with van der Waals surface area (Å²) >= 11 is 0. The van der Waals surface area contributed by atoms with E-state index in [0.29, 0.717) is 12.8 Å². The first-order valence-electron chi connectivity index (χ1n) is 9.18. The zero-order valence-electron chi connectivity index (χ0n) is 16.0. The van der Waals surface area contributed by atoms with Gasteiger partial charge < -0.3 is 14.4 Å². The molecule has 3 aromatic rings. The summed E-state index contributed by atoms with van der Waals surface area (Å²) in [6.07, 6.45) is 2.08. The van der Waals surface area contributed by atoms with Crippen molar-refractivity contribution in [3.8, 4) is 5.75 Å². The van der Waals surface area contributed by atoms with Gasteiger partial charge in [-0.05, 0) is 30.3 Å². The number of anilines is 1. The number of ether oxygens (including phenoxy) is 2. The van der Waals surface area contributed by atoms with Crippen molar-refractivity contribution in [1.29, 1.82) is 0 Å². The molecule has 0 atom stereocenters. The molecule has 4 rings (SSSR count). The first-order chi connectivity index (χ1) is 13.9. The van der Waals surface area contributed by atoms with E-state index in [4.69, 9.17) is 9.47 Å². The zero-order valence-corrected chi connectivity index (χ0v) is 16.0. The number of aromatic nitrogens is 2. The molecule has 0 spiro atoms. The van der Waals surface area contributed by atoms with Gasteiger partial charge in [-0.1, -0.05) is 0 Å². The van der Waals surface area contributed by atoms with E-state index in [0.717, 1.165) is 16.6 Å². The Bertz CT molecular complexity index is 1050. The Morgan fingerprint density at radius 2 is 1.93 bits per heavy atom. The van der Waals surface area contributed by atoms with Crippen molar-refractivity contribution >= 4 is 28.4 Å². The molecule has 1 saturated carbocycles. The van der Waals surface area contributed by atoms with Gasteiger partial charge >= 0.3 is 6.16 Å². The van der Waals surface area contributed by atoms with Crippen LogP contribution in [0, 0.1) is 10.1 Å². The number of hydrogen-bond donors (Lipinski definition) is 0. The summed E-state index contributed by atoms with van der Waals surface area (Å²) in [4.78, 5) is 24.1. The Hall–Kier alpha value is -3.62. The molecule has 9 heteroatoms. The van der Waals surface area contributed by atoms with Crippen LogP contribution in [0.1, 0.15) is 18.9 Å². The van der Waals surface area contributed by atoms with E-state index in [9.17, 15) is 14.9 Å². The molecule has 1 aliphatic rings. The minimum Gasteiger partial charge on any atom is -0.431 e. The van der Waals surface area contributed by atoms with E-state index >= 15 is 0 Å². The second-order valence-electron chi connectivity index (χ2n) is 7.19. The molecule has 1 heterocycles. The number of nitro groups is 1. The monoisotopic (exact) mass is 396 g/mol. The maximum atomic E-state index is 12.0. The first kappa shape index (κ1) is 18.7. The number of hydrogen-bond acceptors (Lipinski definition) is 7. The predicted molar refractivity (Wildman–Crippen MR) is 106 cm³/mol. The van der Waals surface area contributed by atoms with E-state index in [1.165, 1.54) is 24.3 Å². The fraction of sp³-hybridized carbons (Fsp3) is 0.300. The largest absolute Gasteiger partial charge is 0.514 e. The van der Waals surface area contributed by atoms with Crippen LogP contribution < -0.4 is 9.64 Å². The molecule has 1 aliphatic carbocycles. The zero-order chi connectivity index (χ0) is 20.5. The van der Waals surface area contributed by atoms with Crippen molar-refractivity contribution in [2.45, 2.75) is 25.0 Å². The number of benzene rings is 2. The number of non-ortho nitro benzene ring substituents is 1. The highest BCUT2D eigenvalue weighted by molar-refractivity contribution is 5.82. The van der Waals surface area contributed by atoms with Gasteiger partial charge in [0.15, 0.2) is 0 Å². The lowest BCUT2D eigenvalue weighted by atomic mass is 9.89. The number of fused-ring (bicyclic) bond motifs is 1. The molecule has 0 unspecified atom stereocenters. The van der Waals surface area contributed by atoms with Gasteiger partial charge in [-0.15, -0.1) is 0 Å². The highest BCUT2D eigenvalue weighted by Gasteiger charge is 2.35. The topological polar surface area (TPSA) is 99.7 Å². The van der Waals surface area contributed by atoms with E-state index in [2.05, 4.69) is 17.2 Å². The van der Waals surface area contributed by atoms with Gasteiger partial charge in [0.05, 0.1) is 22.7 Å². The summed E-state index contributed by atoms with van der Waals surface area (Å²) in [5.74, 6) is 0.200. The highest BCUT2D eigenvalue weighted by Crippen LogP contribution is 2.37. The molecule has 0 amide bonds. The van der Waals surface area contributed by atoms with Crippen LogP contribution in [-0.4, -0.2) is 41.1 Å². The minimum atomic E-state index is -0.817. The van der Waals surface area contributed by atoms with Crippen molar-refractivity contribution < 1.29 is 19.2 Å². The Labute approximate surface area is 166 Å². The van der Waals surface area contributed by atoms with Gasteiger partial charge in [0.2, 0.25) is 0 Å². The summed E-state index contributed by atoms with van der Waals surface area (Å²) in [6, 6.07) is 11.6. The molecule has 0 aliphatic heterocycles. The summed E-state index contributed by atoms with van der Waals surface area (Å²) in [6.45, 7) is 0. The second-order valence-corrected chi connectivity index (χ2v) is 7.19. The van der Waals surface area contributed by atoms with Crippen LogP contribution in [0.15, 0.2) is 48.7 Å². The van der Waals surface area contributed by atoms with E-state index < -0.39 is 11.1 Å². The van der Waals surface area contributed by atoms with Crippen LogP contribution in [0.3, 0.4) is 0 Å². The van der Waals surface area contributed by atoms with E-state index in [1.807, 2.05) is 35.9 Å². The van der Waals surface area contributed by atoms with Gasteiger partial charge in [-0.3, -0.25) is 14.8 Å². The van der Waals surface area contributed by atoms with Crippen LogP contribution in [0.4, 0.5) is 16.2 Å². The number of carbonyl (C=O) groups is 1. The number of carbonyl (C=O) groups excluding carboxylic acids is 1. The molecule has 2 aromatic carbocycles. The third-order valence-electron chi connectivity index (χ3n) is 5.03. The number of nitro benzene ring substituents is 1. The average Bonchev–Trinajstić information content (AvgIpc) is 3.07. The van der Waals surface area contributed by atoms with Gasteiger partial charge in [-0.25, -0.2) is 4.79 Å². The third-order valence-corrected chi connectivity index (χ3v) is 5.03. The average molecular weight is 396 g/mol. The molecular weight excluding hydrogens is 376 g/mol. The summed E-state index contributed by atoms with van der Waals surface area (Å²) in [5.41, 5.74) is 2.07. The maximum absolute atomic E-state index is 12.0. The molecule has 0 radical (unpaired) electrons. The first-order valence-corrected chi connectivity index (χ1v) is 9.18. The Morgan fingerprint density at radius 3 is 2.59 bits per heavy atom. The lowest BCUT2D eigenvalue weighted by Gasteiger charge is -2.34. The van der Waals surface area contributed by atoms with Crippen molar-refractivity contribution in [3.63, 3.8) is 0 Å². The van der Waals surface area contributed by atoms with Crippen LogP contribution in [0.25, 0.3) is 10.9 Å². The molecular formula is C20H20N4O5. The third kappa shape index (κ3) is 3.84. The molecule has 0 bridgehead atoms. The van der Waals surface area contributed by atoms with Crippen LogP contribution in [-0.2, 0) is 4.74 Å². The second kappa shape index (κ2) is 7.42. The molecule has 1 aromatic heterocycles. The molecule has 0 N–H and O–H groups in total. The van der Waals surface area contributed by atoms with Crippen molar-refractivity contribution in [2.24, 2.45) is 0 Å². The van der Waals surface area contributed by atoms with E-state index in [-0.39, 0.29) is 23.6 Å². The van der Waals surface area contributed by atoms with Gasteiger partial charge in [0.25, 0.3) is 5.69 Å². The summed E-state index contributed by atoms with van der Waals surface area (Å²) in [7, 11) is 3.98. The van der Waals surface area contributed by atoms with Crippen molar-refractivity contribution in [2.75, 3.05) is 19.0 Å². The van der Waals surface area contributed by atoms with Crippen molar-refractivity contribution in [1.82, 2.24) is 9.78 Å². The smallest absolute Gasteiger partial charge is 0.431 e. The van der Waals surface area contributed by atoms with Crippen LogP contribution in [0.2, 0.25) is 0 Å².